The van der Waals surface area contributed by atoms with E-state index >= 15 is 0 Å². The molecule has 1 saturated carbocycles. The molecule has 1 aromatic heterocycles. The van der Waals surface area contributed by atoms with Gasteiger partial charge in [0.15, 0.2) is 0 Å². The molecule has 0 aliphatic heterocycles. The van der Waals surface area contributed by atoms with Crippen LogP contribution in [0.4, 0.5) is 0 Å². The fraction of sp³-hybridized carbons (Fsp3) is 0.375. The second kappa shape index (κ2) is 2.18. The van der Waals surface area contributed by atoms with Gasteiger partial charge in [-0.2, -0.15) is 0 Å². The smallest absolute Gasteiger partial charge is 0.209 e. The predicted molar refractivity (Wildman–Crippen MR) is 36.1 cm³/mol. The number of nitrogens with zero attached hydrogens (tertiary/aromatic N) is 1. The molecule has 1 aliphatic carbocycles. The van der Waals surface area contributed by atoms with E-state index in [4.69, 9.17) is 4.52 Å². The van der Waals surface area contributed by atoms with Crippen LogP contribution in [0.25, 0.3) is 0 Å². The Morgan fingerprint density at radius 2 is 2.50 bits per heavy atom. The monoisotopic (exact) mass is 133 g/mol. The molecule has 0 spiro atoms. The molecule has 0 saturated heterocycles. The molecule has 10 heavy (non-hydrogen) atoms. The molecule has 0 aromatic carbocycles. The Labute approximate surface area is 59.2 Å². The SMILES string of the molecule is C(#CC1CC1)c1ccno1. The molecular formula is C8H7NO. The van der Waals surface area contributed by atoms with Crippen molar-refractivity contribution in [2.24, 2.45) is 5.92 Å². The van der Waals surface area contributed by atoms with Crippen molar-refractivity contribution in [2.75, 3.05) is 0 Å². The van der Waals surface area contributed by atoms with E-state index in [0.717, 1.165) is 0 Å². The fourth-order valence-electron chi connectivity index (χ4n) is 0.681. The second-order valence-electron chi connectivity index (χ2n) is 2.42. The molecule has 0 unspecified atom stereocenters. The van der Waals surface area contributed by atoms with Crippen molar-refractivity contribution >= 4 is 0 Å². The number of hydrogen-bond acceptors (Lipinski definition) is 2. The molecule has 0 bridgehead atoms. The lowest BCUT2D eigenvalue weighted by Crippen LogP contribution is -1.65. The molecule has 1 heterocycles. The molecule has 2 nitrogen and oxygen atoms in total. The highest BCUT2D eigenvalue weighted by Crippen LogP contribution is 2.27. The van der Waals surface area contributed by atoms with Crippen molar-refractivity contribution in [3.05, 3.63) is 18.0 Å². The molecular weight excluding hydrogens is 126 g/mol. The summed E-state index contributed by atoms with van der Waals surface area (Å²) >= 11 is 0. The lowest BCUT2D eigenvalue weighted by molar-refractivity contribution is 0.411. The Bertz CT molecular complexity index is 261. The van der Waals surface area contributed by atoms with Crippen LogP contribution in [0.2, 0.25) is 0 Å². The second-order valence-corrected chi connectivity index (χ2v) is 2.42. The molecule has 1 aliphatic rings. The van der Waals surface area contributed by atoms with Crippen LogP contribution < -0.4 is 0 Å². The number of hydrogen-bond donors (Lipinski definition) is 0. The standard InChI is InChI=1S/C8H7NO/c1-2-7(1)3-4-8-5-6-9-10-8/h5-7H,1-2H2. The Morgan fingerprint density at radius 3 is 3.10 bits per heavy atom. The van der Waals surface area contributed by atoms with Crippen molar-refractivity contribution in [2.45, 2.75) is 12.8 Å². The largest absolute Gasteiger partial charge is 0.348 e. The van der Waals surface area contributed by atoms with Crippen LogP contribution in [0, 0.1) is 17.8 Å². The van der Waals surface area contributed by atoms with Gasteiger partial charge in [-0.1, -0.05) is 11.1 Å². The zero-order valence-electron chi connectivity index (χ0n) is 5.50. The molecule has 50 valence electrons. The molecule has 0 radical (unpaired) electrons. The predicted octanol–water partition coefficient (Wildman–Crippen LogP) is 1.44. The Morgan fingerprint density at radius 1 is 1.60 bits per heavy atom. The van der Waals surface area contributed by atoms with Crippen LogP contribution >= 0.6 is 0 Å². The zero-order chi connectivity index (χ0) is 6.81. The Kier molecular flexibility index (Phi) is 1.21. The van der Waals surface area contributed by atoms with E-state index in [2.05, 4.69) is 17.0 Å². The quantitative estimate of drug-likeness (QED) is 0.500. The minimum atomic E-state index is 0.630. The summed E-state index contributed by atoms with van der Waals surface area (Å²) in [6, 6.07) is 1.77. The highest BCUT2D eigenvalue weighted by Gasteiger charge is 2.17. The third-order valence-corrected chi connectivity index (χ3v) is 1.41. The van der Waals surface area contributed by atoms with Crippen molar-refractivity contribution < 1.29 is 4.52 Å². The average molecular weight is 133 g/mol. The van der Waals surface area contributed by atoms with E-state index in [-0.39, 0.29) is 0 Å². The van der Waals surface area contributed by atoms with E-state index < -0.39 is 0 Å². The third-order valence-electron chi connectivity index (χ3n) is 1.41. The van der Waals surface area contributed by atoms with Crippen LogP contribution in [0.1, 0.15) is 18.6 Å². The topological polar surface area (TPSA) is 26.0 Å². The highest BCUT2D eigenvalue weighted by atomic mass is 16.5. The molecule has 0 amide bonds. The van der Waals surface area contributed by atoms with Gasteiger partial charge in [0.25, 0.3) is 0 Å². The first-order valence-corrected chi connectivity index (χ1v) is 3.37. The van der Waals surface area contributed by atoms with E-state index in [1.807, 2.05) is 0 Å². The molecule has 0 atom stereocenters. The summed E-state index contributed by atoms with van der Waals surface area (Å²) in [5, 5.41) is 3.54. The van der Waals surface area contributed by atoms with Crippen molar-refractivity contribution in [3.63, 3.8) is 0 Å². The van der Waals surface area contributed by atoms with Gasteiger partial charge in [0.05, 0.1) is 6.20 Å². The fourth-order valence-corrected chi connectivity index (χ4v) is 0.681. The van der Waals surface area contributed by atoms with Gasteiger partial charge in [-0.15, -0.1) is 0 Å². The summed E-state index contributed by atoms with van der Waals surface area (Å²) in [6.07, 6.45) is 4.11. The lowest BCUT2D eigenvalue weighted by Gasteiger charge is -1.72. The van der Waals surface area contributed by atoms with Gasteiger partial charge >= 0.3 is 0 Å². The van der Waals surface area contributed by atoms with Gasteiger partial charge in [-0.05, 0) is 18.8 Å². The molecule has 1 aromatic rings. The van der Waals surface area contributed by atoms with Gasteiger partial charge in [0.1, 0.15) is 0 Å². The van der Waals surface area contributed by atoms with Gasteiger partial charge in [0, 0.05) is 12.0 Å². The molecule has 1 fully saturated rings. The van der Waals surface area contributed by atoms with E-state index in [9.17, 15) is 0 Å². The summed E-state index contributed by atoms with van der Waals surface area (Å²) in [5.41, 5.74) is 0. The van der Waals surface area contributed by atoms with Gasteiger partial charge in [-0.25, -0.2) is 0 Å². The Hall–Kier alpha value is -1.23. The molecule has 2 heteroatoms. The summed E-state index contributed by atoms with van der Waals surface area (Å²) in [4.78, 5) is 0. The molecule has 0 N–H and O–H groups in total. The first-order valence-electron chi connectivity index (χ1n) is 3.37. The van der Waals surface area contributed by atoms with Crippen LogP contribution in [0.15, 0.2) is 16.8 Å². The summed E-state index contributed by atoms with van der Waals surface area (Å²) in [6.45, 7) is 0. The van der Waals surface area contributed by atoms with Crippen molar-refractivity contribution in [3.8, 4) is 11.8 Å². The van der Waals surface area contributed by atoms with E-state index in [0.29, 0.717) is 11.7 Å². The summed E-state index contributed by atoms with van der Waals surface area (Å²) in [7, 11) is 0. The van der Waals surface area contributed by atoms with Gasteiger partial charge in [-0.3, -0.25) is 0 Å². The maximum Gasteiger partial charge on any atom is 0.209 e. The first-order chi connectivity index (χ1) is 4.95. The van der Waals surface area contributed by atoms with E-state index in [1.165, 1.54) is 12.8 Å². The minimum Gasteiger partial charge on any atom is -0.348 e. The number of aromatic nitrogens is 1. The van der Waals surface area contributed by atoms with Crippen molar-refractivity contribution in [1.29, 1.82) is 0 Å². The average Bonchev–Trinajstić information content (AvgIpc) is 2.63. The maximum absolute atomic E-state index is 4.79. The lowest BCUT2D eigenvalue weighted by atomic mass is 10.4. The highest BCUT2D eigenvalue weighted by molar-refractivity contribution is 5.25. The van der Waals surface area contributed by atoms with Gasteiger partial charge < -0.3 is 4.52 Å². The summed E-state index contributed by atoms with van der Waals surface area (Å²) < 4.78 is 4.79. The van der Waals surface area contributed by atoms with Crippen LogP contribution in [0.5, 0.6) is 0 Å². The first kappa shape index (κ1) is 5.55. The van der Waals surface area contributed by atoms with Crippen LogP contribution in [0.3, 0.4) is 0 Å². The third kappa shape index (κ3) is 1.19. The Balaban J connectivity index is 2.09. The van der Waals surface area contributed by atoms with Crippen LogP contribution in [-0.2, 0) is 0 Å². The number of rotatable bonds is 0. The van der Waals surface area contributed by atoms with Crippen molar-refractivity contribution in [1.82, 2.24) is 5.16 Å². The summed E-state index contributed by atoms with van der Waals surface area (Å²) in [5.74, 6) is 7.29. The normalized spacial score (nSPS) is 16.0. The van der Waals surface area contributed by atoms with E-state index in [1.54, 1.807) is 12.3 Å². The zero-order valence-corrected chi connectivity index (χ0v) is 5.50. The van der Waals surface area contributed by atoms with Gasteiger partial charge in [0.2, 0.25) is 5.76 Å². The maximum atomic E-state index is 4.79. The minimum absolute atomic E-state index is 0.630. The molecule has 2 rings (SSSR count). The van der Waals surface area contributed by atoms with Crippen LogP contribution in [-0.4, -0.2) is 5.16 Å².